The predicted molar refractivity (Wildman–Crippen MR) is 86.5 cm³/mol. The van der Waals surface area contributed by atoms with Crippen molar-refractivity contribution in [3.8, 4) is 0 Å². The molecule has 0 saturated heterocycles. The van der Waals surface area contributed by atoms with Crippen molar-refractivity contribution in [2.45, 2.75) is 64.3 Å². The summed E-state index contributed by atoms with van der Waals surface area (Å²) in [5.74, 6) is 2.24. The van der Waals surface area contributed by atoms with Crippen molar-refractivity contribution in [3.63, 3.8) is 0 Å². The lowest BCUT2D eigenvalue weighted by Gasteiger charge is -2.22. The molecule has 2 aliphatic rings. The summed E-state index contributed by atoms with van der Waals surface area (Å²) >= 11 is 0. The van der Waals surface area contributed by atoms with Crippen LogP contribution in [-0.2, 0) is 0 Å². The van der Waals surface area contributed by atoms with Gasteiger partial charge in [0.25, 0.3) is 5.91 Å². The monoisotopic (exact) mass is 285 g/mol. The van der Waals surface area contributed by atoms with Gasteiger partial charge in [-0.3, -0.25) is 4.79 Å². The Hall–Kier alpha value is -1.31. The van der Waals surface area contributed by atoms with Crippen LogP contribution in [0, 0.1) is 11.8 Å². The first-order chi connectivity index (χ1) is 10.1. The standard InChI is InChI=1S/C19H27NO/c1-13-3-5-14(2)18(12-4-13)20-19(21)17-10-8-16(9-11-17)15-6-7-15/h8-11,13-15,18H,3-7,12H2,1-2H3,(H,20,21). The molecule has 0 aromatic heterocycles. The SMILES string of the molecule is CC1CCC(C)C(NC(=O)c2ccc(C3CC3)cc2)CC1. The van der Waals surface area contributed by atoms with Crippen molar-refractivity contribution in [1.29, 1.82) is 0 Å². The van der Waals surface area contributed by atoms with Gasteiger partial charge in [0.2, 0.25) is 0 Å². The number of hydrogen-bond acceptors (Lipinski definition) is 1. The maximum absolute atomic E-state index is 12.4. The van der Waals surface area contributed by atoms with Crippen LogP contribution in [0.15, 0.2) is 24.3 Å². The molecule has 114 valence electrons. The quantitative estimate of drug-likeness (QED) is 0.813. The van der Waals surface area contributed by atoms with E-state index in [-0.39, 0.29) is 5.91 Å². The third kappa shape index (κ3) is 3.66. The Morgan fingerprint density at radius 1 is 0.952 bits per heavy atom. The largest absolute Gasteiger partial charge is 0.349 e. The number of amides is 1. The van der Waals surface area contributed by atoms with Gasteiger partial charge >= 0.3 is 0 Å². The molecule has 0 heterocycles. The molecule has 1 amide bonds. The predicted octanol–water partition coefficient (Wildman–Crippen LogP) is 4.51. The van der Waals surface area contributed by atoms with E-state index in [9.17, 15) is 4.79 Å². The van der Waals surface area contributed by atoms with E-state index >= 15 is 0 Å². The number of rotatable bonds is 3. The van der Waals surface area contributed by atoms with Crippen LogP contribution in [0.5, 0.6) is 0 Å². The van der Waals surface area contributed by atoms with Crippen molar-refractivity contribution in [1.82, 2.24) is 5.32 Å². The van der Waals surface area contributed by atoms with Crippen LogP contribution in [0.25, 0.3) is 0 Å². The van der Waals surface area contributed by atoms with E-state index in [1.165, 1.54) is 37.7 Å². The smallest absolute Gasteiger partial charge is 0.251 e. The van der Waals surface area contributed by atoms with Gasteiger partial charge < -0.3 is 5.32 Å². The van der Waals surface area contributed by atoms with Crippen LogP contribution in [0.4, 0.5) is 0 Å². The average Bonchev–Trinajstić information content (AvgIpc) is 3.33. The highest BCUT2D eigenvalue weighted by atomic mass is 16.1. The molecule has 0 bridgehead atoms. The van der Waals surface area contributed by atoms with E-state index in [0.29, 0.717) is 12.0 Å². The van der Waals surface area contributed by atoms with Crippen LogP contribution in [0.1, 0.15) is 74.2 Å². The number of carbonyl (C=O) groups excluding carboxylic acids is 1. The molecule has 2 saturated carbocycles. The second-order valence-corrected chi connectivity index (χ2v) is 7.21. The number of nitrogens with one attached hydrogen (secondary N) is 1. The second-order valence-electron chi connectivity index (χ2n) is 7.21. The van der Waals surface area contributed by atoms with Crippen LogP contribution < -0.4 is 5.32 Å². The summed E-state index contributed by atoms with van der Waals surface area (Å²) < 4.78 is 0. The van der Waals surface area contributed by atoms with Gasteiger partial charge in [-0.05, 0) is 67.6 Å². The first-order valence-corrected chi connectivity index (χ1v) is 8.54. The first kappa shape index (κ1) is 14.6. The van der Waals surface area contributed by atoms with E-state index in [2.05, 4.69) is 31.3 Å². The molecule has 2 aliphatic carbocycles. The summed E-state index contributed by atoms with van der Waals surface area (Å²) in [6.07, 6.45) is 7.49. The Labute approximate surface area is 128 Å². The second kappa shape index (κ2) is 6.21. The fourth-order valence-corrected chi connectivity index (χ4v) is 3.43. The Balaban J connectivity index is 1.61. The van der Waals surface area contributed by atoms with E-state index in [0.717, 1.165) is 23.8 Å². The molecule has 1 N–H and O–H groups in total. The average molecular weight is 285 g/mol. The topological polar surface area (TPSA) is 29.1 Å². The van der Waals surface area contributed by atoms with Crippen LogP contribution in [0.3, 0.4) is 0 Å². The zero-order valence-electron chi connectivity index (χ0n) is 13.3. The minimum atomic E-state index is 0.101. The Kier molecular flexibility index (Phi) is 4.32. The van der Waals surface area contributed by atoms with Crippen molar-refractivity contribution < 1.29 is 4.79 Å². The molecule has 2 fully saturated rings. The van der Waals surface area contributed by atoms with Gasteiger partial charge in [-0.1, -0.05) is 32.4 Å². The van der Waals surface area contributed by atoms with Crippen LogP contribution >= 0.6 is 0 Å². The van der Waals surface area contributed by atoms with Gasteiger partial charge in [0.1, 0.15) is 0 Å². The van der Waals surface area contributed by atoms with E-state index in [1.807, 2.05) is 12.1 Å². The molecule has 0 spiro atoms. The number of hydrogen-bond donors (Lipinski definition) is 1. The molecule has 0 aliphatic heterocycles. The molecule has 1 aromatic carbocycles. The van der Waals surface area contributed by atoms with E-state index < -0.39 is 0 Å². The van der Waals surface area contributed by atoms with Gasteiger partial charge in [0.05, 0.1) is 0 Å². The fourth-order valence-electron chi connectivity index (χ4n) is 3.43. The summed E-state index contributed by atoms with van der Waals surface area (Å²) in [6, 6.07) is 8.58. The van der Waals surface area contributed by atoms with Crippen LogP contribution in [-0.4, -0.2) is 11.9 Å². The molecular formula is C19H27NO. The van der Waals surface area contributed by atoms with Gasteiger partial charge in [-0.2, -0.15) is 0 Å². The minimum absolute atomic E-state index is 0.101. The van der Waals surface area contributed by atoms with E-state index in [4.69, 9.17) is 0 Å². The zero-order valence-corrected chi connectivity index (χ0v) is 13.3. The summed E-state index contributed by atoms with van der Waals surface area (Å²) in [7, 11) is 0. The molecule has 0 radical (unpaired) electrons. The summed E-state index contributed by atoms with van der Waals surface area (Å²) in [5, 5.41) is 3.27. The van der Waals surface area contributed by atoms with Gasteiger partial charge in [-0.15, -0.1) is 0 Å². The lowest BCUT2D eigenvalue weighted by atomic mass is 9.96. The Bertz CT molecular complexity index is 489. The first-order valence-electron chi connectivity index (χ1n) is 8.54. The molecule has 3 rings (SSSR count). The highest BCUT2D eigenvalue weighted by Gasteiger charge is 2.25. The van der Waals surface area contributed by atoms with Crippen molar-refractivity contribution in [2.75, 3.05) is 0 Å². The lowest BCUT2D eigenvalue weighted by Crippen LogP contribution is -2.38. The molecule has 2 heteroatoms. The fraction of sp³-hybridized carbons (Fsp3) is 0.632. The Morgan fingerprint density at radius 3 is 2.29 bits per heavy atom. The highest BCUT2D eigenvalue weighted by Crippen LogP contribution is 2.39. The zero-order chi connectivity index (χ0) is 14.8. The van der Waals surface area contributed by atoms with Crippen LogP contribution in [0.2, 0.25) is 0 Å². The van der Waals surface area contributed by atoms with Gasteiger partial charge in [0, 0.05) is 11.6 Å². The summed E-state index contributed by atoms with van der Waals surface area (Å²) in [4.78, 5) is 12.4. The molecule has 3 atom stereocenters. The normalized spacial score (nSPS) is 29.7. The van der Waals surface area contributed by atoms with Crippen molar-refractivity contribution in [3.05, 3.63) is 35.4 Å². The van der Waals surface area contributed by atoms with E-state index in [1.54, 1.807) is 0 Å². The van der Waals surface area contributed by atoms with Crippen molar-refractivity contribution >= 4 is 5.91 Å². The lowest BCUT2D eigenvalue weighted by molar-refractivity contribution is 0.0921. The third-order valence-electron chi connectivity index (χ3n) is 5.31. The highest BCUT2D eigenvalue weighted by molar-refractivity contribution is 5.94. The van der Waals surface area contributed by atoms with Crippen molar-refractivity contribution in [2.24, 2.45) is 11.8 Å². The molecular weight excluding hydrogens is 258 g/mol. The van der Waals surface area contributed by atoms with Gasteiger partial charge in [0.15, 0.2) is 0 Å². The maximum Gasteiger partial charge on any atom is 0.251 e. The molecule has 3 unspecified atom stereocenters. The third-order valence-corrected chi connectivity index (χ3v) is 5.31. The molecule has 21 heavy (non-hydrogen) atoms. The molecule has 2 nitrogen and oxygen atoms in total. The molecule has 1 aromatic rings. The van der Waals surface area contributed by atoms with Gasteiger partial charge in [-0.25, -0.2) is 0 Å². The number of benzene rings is 1. The number of carbonyl (C=O) groups is 1. The minimum Gasteiger partial charge on any atom is -0.349 e. The summed E-state index contributed by atoms with van der Waals surface area (Å²) in [5.41, 5.74) is 2.20. The Morgan fingerprint density at radius 2 is 1.62 bits per heavy atom. The maximum atomic E-state index is 12.4. The summed E-state index contributed by atoms with van der Waals surface area (Å²) in [6.45, 7) is 4.60.